The predicted octanol–water partition coefficient (Wildman–Crippen LogP) is 2.80. The maximum absolute atomic E-state index is 11.8. The van der Waals surface area contributed by atoms with Crippen molar-refractivity contribution >= 4 is 23.2 Å². The van der Waals surface area contributed by atoms with Crippen LogP contribution in [0.2, 0.25) is 5.02 Å². The Labute approximate surface area is 111 Å². The summed E-state index contributed by atoms with van der Waals surface area (Å²) in [6.07, 6.45) is 1.90. The van der Waals surface area contributed by atoms with E-state index in [2.05, 4.69) is 5.32 Å². The lowest BCUT2D eigenvalue weighted by Gasteiger charge is -2.13. The van der Waals surface area contributed by atoms with Crippen molar-refractivity contribution in [3.63, 3.8) is 0 Å². The van der Waals surface area contributed by atoms with Gasteiger partial charge in [-0.25, -0.2) is 0 Å². The standard InChI is InChI=1S/C13H16ClNO3/c1-8(18-7-9-2-3-9)13(17)15-10-4-5-12(16)11(14)6-10/h4-6,8-9,16H,2-3,7H2,1H3,(H,15,17)/t8-/m0/s1. The summed E-state index contributed by atoms with van der Waals surface area (Å²) in [7, 11) is 0. The molecule has 1 aliphatic carbocycles. The predicted molar refractivity (Wildman–Crippen MR) is 69.9 cm³/mol. The topological polar surface area (TPSA) is 58.6 Å². The molecular weight excluding hydrogens is 254 g/mol. The van der Waals surface area contributed by atoms with Crippen LogP contribution in [0.4, 0.5) is 5.69 Å². The van der Waals surface area contributed by atoms with Gasteiger partial charge in [0.05, 0.1) is 11.6 Å². The molecule has 0 bridgehead atoms. The Morgan fingerprint density at radius 3 is 2.94 bits per heavy atom. The fraction of sp³-hybridized carbons (Fsp3) is 0.462. The fourth-order valence-corrected chi connectivity index (χ4v) is 1.65. The Balaban J connectivity index is 1.86. The third-order valence-electron chi connectivity index (χ3n) is 2.86. The summed E-state index contributed by atoms with van der Waals surface area (Å²) in [4.78, 5) is 11.8. The lowest BCUT2D eigenvalue weighted by atomic mass is 10.3. The summed E-state index contributed by atoms with van der Waals surface area (Å²) in [5.74, 6) is 0.411. The third kappa shape index (κ3) is 3.62. The highest BCUT2D eigenvalue weighted by molar-refractivity contribution is 6.32. The van der Waals surface area contributed by atoms with E-state index < -0.39 is 6.10 Å². The van der Waals surface area contributed by atoms with Gasteiger partial charge in [0, 0.05) is 5.69 Å². The molecule has 2 rings (SSSR count). The molecule has 1 saturated carbocycles. The van der Waals surface area contributed by atoms with E-state index in [1.165, 1.54) is 25.0 Å². The van der Waals surface area contributed by atoms with Crippen molar-refractivity contribution in [1.82, 2.24) is 0 Å². The molecule has 4 nitrogen and oxygen atoms in total. The largest absolute Gasteiger partial charge is 0.506 e. The average Bonchev–Trinajstić information content (AvgIpc) is 3.14. The number of phenols is 1. The molecule has 0 aromatic heterocycles. The number of phenolic OH excluding ortho intramolecular Hbond substituents is 1. The summed E-state index contributed by atoms with van der Waals surface area (Å²) in [5.41, 5.74) is 0.546. The van der Waals surface area contributed by atoms with E-state index in [9.17, 15) is 9.90 Å². The molecule has 1 atom stereocenters. The SMILES string of the molecule is C[C@H](OCC1CC1)C(=O)Nc1ccc(O)c(Cl)c1. The summed E-state index contributed by atoms with van der Waals surface area (Å²) in [5, 5.41) is 12.2. The molecule has 0 heterocycles. The number of rotatable bonds is 5. The minimum absolute atomic E-state index is 0.00676. The van der Waals surface area contributed by atoms with Gasteiger partial charge in [-0.2, -0.15) is 0 Å². The first-order valence-electron chi connectivity index (χ1n) is 5.97. The van der Waals surface area contributed by atoms with E-state index in [-0.39, 0.29) is 16.7 Å². The van der Waals surface area contributed by atoms with Gasteiger partial charge in [0.25, 0.3) is 5.91 Å². The van der Waals surface area contributed by atoms with Gasteiger partial charge in [0.1, 0.15) is 11.9 Å². The van der Waals surface area contributed by atoms with Gasteiger partial charge in [-0.3, -0.25) is 4.79 Å². The highest BCUT2D eigenvalue weighted by Gasteiger charge is 2.24. The quantitative estimate of drug-likeness (QED) is 0.808. The second kappa shape index (κ2) is 5.59. The number of anilines is 1. The number of nitrogens with one attached hydrogen (secondary N) is 1. The van der Waals surface area contributed by atoms with Crippen molar-refractivity contribution in [3.8, 4) is 5.75 Å². The first kappa shape index (κ1) is 13.2. The van der Waals surface area contributed by atoms with E-state index in [1.807, 2.05) is 0 Å². The number of benzene rings is 1. The van der Waals surface area contributed by atoms with E-state index in [0.717, 1.165) is 0 Å². The van der Waals surface area contributed by atoms with Crippen LogP contribution in [0.25, 0.3) is 0 Å². The zero-order valence-corrected chi connectivity index (χ0v) is 10.9. The normalized spacial score (nSPS) is 16.3. The molecule has 0 unspecified atom stereocenters. The van der Waals surface area contributed by atoms with Crippen molar-refractivity contribution in [2.24, 2.45) is 5.92 Å². The Morgan fingerprint density at radius 1 is 1.61 bits per heavy atom. The smallest absolute Gasteiger partial charge is 0.253 e. The molecule has 0 spiro atoms. The van der Waals surface area contributed by atoms with Gasteiger partial charge in [-0.15, -0.1) is 0 Å². The molecule has 18 heavy (non-hydrogen) atoms. The summed E-state index contributed by atoms with van der Waals surface area (Å²) >= 11 is 5.76. The van der Waals surface area contributed by atoms with Crippen LogP contribution in [-0.4, -0.2) is 23.7 Å². The minimum Gasteiger partial charge on any atom is -0.506 e. The van der Waals surface area contributed by atoms with Gasteiger partial charge in [-0.05, 0) is 43.9 Å². The van der Waals surface area contributed by atoms with Crippen LogP contribution in [0.3, 0.4) is 0 Å². The van der Waals surface area contributed by atoms with Crippen molar-refractivity contribution in [2.75, 3.05) is 11.9 Å². The van der Waals surface area contributed by atoms with Crippen LogP contribution < -0.4 is 5.32 Å². The van der Waals surface area contributed by atoms with Crippen LogP contribution in [0, 0.1) is 5.92 Å². The van der Waals surface area contributed by atoms with Crippen molar-refractivity contribution in [1.29, 1.82) is 0 Å². The Hall–Kier alpha value is -1.26. The van der Waals surface area contributed by atoms with E-state index in [0.29, 0.717) is 18.2 Å². The molecule has 5 heteroatoms. The van der Waals surface area contributed by atoms with Crippen LogP contribution in [0.1, 0.15) is 19.8 Å². The number of carbonyl (C=O) groups excluding carboxylic acids is 1. The molecule has 1 amide bonds. The minimum atomic E-state index is -0.488. The number of hydrogen-bond acceptors (Lipinski definition) is 3. The Morgan fingerprint density at radius 2 is 2.33 bits per heavy atom. The van der Waals surface area contributed by atoms with Crippen LogP contribution in [0.15, 0.2) is 18.2 Å². The van der Waals surface area contributed by atoms with E-state index >= 15 is 0 Å². The summed E-state index contributed by atoms with van der Waals surface area (Å²) in [6.45, 7) is 2.37. The molecule has 98 valence electrons. The zero-order valence-electron chi connectivity index (χ0n) is 10.1. The third-order valence-corrected chi connectivity index (χ3v) is 3.17. The van der Waals surface area contributed by atoms with Gasteiger partial charge < -0.3 is 15.2 Å². The van der Waals surface area contributed by atoms with Crippen LogP contribution in [-0.2, 0) is 9.53 Å². The summed E-state index contributed by atoms with van der Waals surface area (Å²) in [6, 6.07) is 4.53. The molecule has 2 N–H and O–H groups in total. The zero-order chi connectivity index (χ0) is 13.1. The van der Waals surface area contributed by atoms with Gasteiger partial charge in [0.15, 0.2) is 0 Å². The van der Waals surface area contributed by atoms with Crippen LogP contribution in [0.5, 0.6) is 5.75 Å². The Bertz CT molecular complexity index is 446. The maximum Gasteiger partial charge on any atom is 0.253 e. The molecule has 0 saturated heterocycles. The molecule has 1 aromatic carbocycles. The molecule has 1 aliphatic rings. The summed E-state index contributed by atoms with van der Waals surface area (Å²) < 4.78 is 5.46. The molecule has 1 fully saturated rings. The number of ether oxygens (including phenoxy) is 1. The van der Waals surface area contributed by atoms with E-state index in [1.54, 1.807) is 13.0 Å². The highest BCUT2D eigenvalue weighted by atomic mass is 35.5. The number of hydrogen-bond donors (Lipinski definition) is 2. The van der Waals surface area contributed by atoms with E-state index in [4.69, 9.17) is 16.3 Å². The Kier molecular flexibility index (Phi) is 4.09. The number of amides is 1. The number of halogens is 1. The number of aromatic hydroxyl groups is 1. The lowest BCUT2D eigenvalue weighted by Crippen LogP contribution is -2.28. The fourth-order valence-electron chi connectivity index (χ4n) is 1.47. The number of carbonyl (C=O) groups is 1. The van der Waals surface area contributed by atoms with Crippen molar-refractivity contribution < 1.29 is 14.6 Å². The maximum atomic E-state index is 11.8. The monoisotopic (exact) mass is 269 g/mol. The molecule has 1 aromatic rings. The first-order chi connectivity index (χ1) is 8.56. The second-order valence-corrected chi connectivity index (χ2v) is 4.98. The van der Waals surface area contributed by atoms with Gasteiger partial charge in [-0.1, -0.05) is 11.6 Å². The molecule has 0 aliphatic heterocycles. The molecular formula is C13H16ClNO3. The van der Waals surface area contributed by atoms with Crippen molar-refractivity contribution in [2.45, 2.75) is 25.9 Å². The van der Waals surface area contributed by atoms with Crippen molar-refractivity contribution in [3.05, 3.63) is 23.2 Å². The lowest BCUT2D eigenvalue weighted by molar-refractivity contribution is -0.126. The average molecular weight is 270 g/mol. The second-order valence-electron chi connectivity index (χ2n) is 4.57. The first-order valence-corrected chi connectivity index (χ1v) is 6.35. The molecule has 0 radical (unpaired) electrons. The van der Waals surface area contributed by atoms with Crippen LogP contribution >= 0.6 is 11.6 Å². The van der Waals surface area contributed by atoms with Gasteiger partial charge >= 0.3 is 0 Å². The van der Waals surface area contributed by atoms with Gasteiger partial charge in [0.2, 0.25) is 0 Å². The highest BCUT2D eigenvalue weighted by Crippen LogP contribution is 2.29.